The number of allylic oxidation sites excluding steroid dienone is 4. The van der Waals surface area contributed by atoms with Gasteiger partial charge in [0.2, 0.25) is 5.91 Å². The number of ketones is 1. The van der Waals surface area contributed by atoms with Crippen LogP contribution in [0.25, 0.3) is 0 Å². The molecule has 0 saturated carbocycles. The maximum absolute atomic E-state index is 12.5. The summed E-state index contributed by atoms with van der Waals surface area (Å²) in [4.78, 5) is 23.1. The minimum Gasteiger partial charge on any atom is -0.377 e. The Kier molecular flexibility index (Phi) is 13.9. The first-order valence-corrected chi connectivity index (χ1v) is 11.0. The molecule has 0 aliphatic heterocycles. The zero-order chi connectivity index (χ0) is 22.0. The van der Waals surface area contributed by atoms with Gasteiger partial charge in [0.15, 0.2) is 5.78 Å². The van der Waals surface area contributed by atoms with E-state index >= 15 is 0 Å². The van der Waals surface area contributed by atoms with Crippen molar-refractivity contribution >= 4 is 11.7 Å². The fraction of sp³-hybridized carbons (Fsp3) is 0.462. The predicted octanol–water partition coefficient (Wildman–Crippen LogP) is 6.07. The zero-order valence-electron chi connectivity index (χ0n) is 18.2. The molecule has 0 spiro atoms. The Balaban J connectivity index is 2.13. The van der Waals surface area contributed by atoms with Gasteiger partial charge >= 0.3 is 0 Å². The first-order chi connectivity index (χ1) is 14.6. The summed E-state index contributed by atoms with van der Waals surface area (Å²) in [5.41, 5.74) is 7.30. The summed E-state index contributed by atoms with van der Waals surface area (Å²) < 4.78 is 5.78. The summed E-state index contributed by atoms with van der Waals surface area (Å²) in [7, 11) is 0. The SMILES string of the molecule is C=C/C=C(\C=C)C(=O)c1cccc(COCCCCCCCCCCCC(N)=O)c1. The molecular weight excluding hydrogens is 374 g/mol. The van der Waals surface area contributed by atoms with Crippen LogP contribution in [0.4, 0.5) is 0 Å². The molecule has 1 rings (SSSR count). The molecule has 0 fully saturated rings. The van der Waals surface area contributed by atoms with Gasteiger partial charge in [-0.2, -0.15) is 0 Å². The van der Waals surface area contributed by atoms with E-state index in [1.165, 1.54) is 38.5 Å². The lowest BCUT2D eigenvalue weighted by Gasteiger charge is -2.07. The van der Waals surface area contributed by atoms with Crippen LogP contribution in [-0.2, 0) is 16.1 Å². The number of Topliss-reactive ketones (excluding diaryl/α,β-unsaturated/α-hetero) is 1. The molecule has 4 nitrogen and oxygen atoms in total. The quantitative estimate of drug-likeness (QED) is 0.138. The lowest BCUT2D eigenvalue weighted by atomic mass is 10.0. The van der Waals surface area contributed by atoms with E-state index in [1.807, 2.05) is 24.3 Å². The highest BCUT2D eigenvalue weighted by atomic mass is 16.5. The van der Waals surface area contributed by atoms with Crippen molar-refractivity contribution < 1.29 is 14.3 Å². The summed E-state index contributed by atoms with van der Waals surface area (Å²) >= 11 is 0. The van der Waals surface area contributed by atoms with E-state index < -0.39 is 0 Å². The lowest BCUT2D eigenvalue weighted by Crippen LogP contribution is -2.09. The smallest absolute Gasteiger partial charge is 0.217 e. The third kappa shape index (κ3) is 11.5. The Morgan fingerprint density at radius 3 is 2.17 bits per heavy atom. The second kappa shape index (κ2) is 16.3. The second-order valence-corrected chi connectivity index (χ2v) is 7.54. The summed E-state index contributed by atoms with van der Waals surface area (Å²) in [5.74, 6) is -0.250. The summed E-state index contributed by atoms with van der Waals surface area (Å²) in [5, 5.41) is 0. The number of primary amides is 1. The van der Waals surface area contributed by atoms with Gasteiger partial charge < -0.3 is 10.5 Å². The van der Waals surface area contributed by atoms with Crippen molar-refractivity contribution in [2.24, 2.45) is 5.73 Å². The minimum absolute atomic E-state index is 0.0559. The molecule has 1 aromatic carbocycles. The third-order valence-electron chi connectivity index (χ3n) is 4.95. The molecule has 0 atom stereocenters. The van der Waals surface area contributed by atoms with Crippen LogP contribution < -0.4 is 5.73 Å². The van der Waals surface area contributed by atoms with Crippen molar-refractivity contribution in [1.29, 1.82) is 0 Å². The second-order valence-electron chi connectivity index (χ2n) is 7.54. The van der Waals surface area contributed by atoms with Crippen molar-refractivity contribution in [3.05, 3.63) is 72.4 Å². The first-order valence-electron chi connectivity index (χ1n) is 11.0. The molecule has 0 radical (unpaired) electrons. The van der Waals surface area contributed by atoms with Crippen LogP contribution in [0.5, 0.6) is 0 Å². The number of carbonyl (C=O) groups is 2. The van der Waals surface area contributed by atoms with Gasteiger partial charge in [-0.25, -0.2) is 0 Å². The molecule has 2 N–H and O–H groups in total. The van der Waals surface area contributed by atoms with Gasteiger partial charge in [-0.05, 0) is 24.5 Å². The van der Waals surface area contributed by atoms with Crippen molar-refractivity contribution in [2.75, 3.05) is 6.61 Å². The maximum Gasteiger partial charge on any atom is 0.217 e. The molecular formula is C26H37NO3. The number of hydrogen-bond donors (Lipinski definition) is 1. The standard InChI is InChI=1S/C26H37NO3/c1-3-15-23(4-2)26(29)24-17-14-16-22(20-24)21-30-19-13-11-9-7-5-6-8-10-12-18-25(27)28/h3-4,14-17,20H,1-2,5-13,18-19,21H2,(H2,27,28)/b23-15+. The van der Waals surface area contributed by atoms with Gasteiger partial charge in [-0.15, -0.1) is 0 Å². The Labute approximate surface area is 181 Å². The van der Waals surface area contributed by atoms with Crippen LogP contribution in [0.3, 0.4) is 0 Å². The van der Waals surface area contributed by atoms with Crippen LogP contribution >= 0.6 is 0 Å². The Morgan fingerprint density at radius 2 is 1.57 bits per heavy atom. The fourth-order valence-corrected chi connectivity index (χ4v) is 3.26. The van der Waals surface area contributed by atoms with E-state index in [0.29, 0.717) is 24.2 Å². The number of hydrogen-bond acceptors (Lipinski definition) is 3. The normalized spacial score (nSPS) is 11.3. The van der Waals surface area contributed by atoms with Crippen molar-refractivity contribution in [3.63, 3.8) is 0 Å². The molecule has 1 aromatic rings. The molecule has 0 aliphatic carbocycles. The highest BCUT2D eigenvalue weighted by Gasteiger charge is 2.09. The average Bonchev–Trinajstić information content (AvgIpc) is 2.74. The van der Waals surface area contributed by atoms with Gasteiger partial charge in [0.25, 0.3) is 0 Å². The number of ether oxygens (including phenoxy) is 1. The van der Waals surface area contributed by atoms with E-state index in [2.05, 4.69) is 13.2 Å². The topological polar surface area (TPSA) is 69.4 Å². The molecule has 0 aromatic heterocycles. The number of benzene rings is 1. The van der Waals surface area contributed by atoms with E-state index in [4.69, 9.17) is 10.5 Å². The van der Waals surface area contributed by atoms with Gasteiger partial charge in [-0.1, -0.05) is 94.5 Å². The van der Waals surface area contributed by atoms with Crippen LogP contribution in [-0.4, -0.2) is 18.3 Å². The molecule has 0 heterocycles. The van der Waals surface area contributed by atoms with Gasteiger partial charge in [0, 0.05) is 24.2 Å². The highest BCUT2D eigenvalue weighted by molar-refractivity contribution is 6.10. The van der Waals surface area contributed by atoms with E-state index in [9.17, 15) is 9.59 Å². The van der Waals surface area contributed by atoms with Gasteiger partial charge in [0.1, 0.15) is 0 Å². The Bertz CT molecular complexity index is 706. The summed E-state index contributed by atoms with van der Waals surface area (Å²) in [6.45, 7) is 8.57. The van der Waals surface area contributed by atoms with Gasteiger partial charge in [0.05, 0.1) is 6.61 Å². The number of rotatable bonds is 18. The zero-order valence-corrected chi connectivity index (χ0v) is 18.2. The van der Waals surface area contributed by atoms with E-state index in [1.54, 1.807) is 18.2 Å². The van der Waals surface area contributed by atoms with Crippen LogP contribution in [0.15, 0.2) is 61.2 Å². The summed E-state index contributed by atoms with van der Waals surface area (Å²) in [6, 6.07) is 7.55. The van der Waals surface area contributed by atoms with Crippen molar-refractivity contribution in [1.82, 2.24) is 0 Å². The van der Waals surface area contributed by atoms with Gasteiger partial charge in [-0.3, -0.25) is 9.59 Å². The molecule has 164 valence electrons. The van der Waals surface area contributed by atoms with Crippen molar-refractivity contribution in [2.45, 2.75) is 70.8 Å². The third-order valence-corrected chi connectivity index (χ3v) is 4.95. The number of nitrogens with two attached hydrogens (primary N) is 1. The minimum atomic E-state index is -0.194. The average molecular weight is 412 g/mol. The predicted molar refractivity (Wildman–Crippen MR) is 124 cm³/mol. The number of amides is 1. The number of unbranched alkanes of at least 4 members (excludes halogenated alkanes) is 8. The monoisotopic (exact) mass is 411 g/mol. The fourth-order valence-electron chi connectivity index (χ4n) is 3.26. The van der Waals surface area contributed by atoms with Crippen LogP contribution in [0, 0.1) is 0 Å². The highest BCUT2D eigenvalue weighted by Crippen LogP contribution is 2.14. The maximum atomic E-state index is 12.5. The molecule has 30 heavy (non-hydrogen) atoms. The lowest BCUT2D eigenvalue weighted by molar-refractivity contribution is -0.118. The molecule has 0 unspecified atom stereocenters. The Morgan fingerprint density at radius 1 is 0.933 bits per heavy atom. The van der Waals surface area contributed by atoms with Crippen LogP contribution in [0.1, 0.15) is 80.1 Å². The van der Waals surface area contributed by atoms with E-state index in [0.717, 1.165) is 31.4 Å². The van der Waals surface area contributed by atoms with E-state index in [-0.39, 0.29) is 11.7 Å². The molecule has 4 heteroatoms. The molecule has 1 amide bonds. The molecule has 0 bridgehead atoms. The largest absolute Gasteiger partial charge is 0.377 e. The number of carbonyl (C=O) groups excluding carboxylic acids is 2. The molecule has 0 aliphatic rings. The molecule has 0 saturated heterocycles. The van der Waals surface area contributed by atoms with Crippen molar-refractivity contribution in [3.8, 4) is 0 Å². The van der Waals surface area contributed by atoms with Crippen LogP contribution in [0.2, 0.25) is 0 Å². The summed E-state index contributed by atoms with van der Waals surface area (Å²) in [6.07, 6.45) is 15.7. The Hall–Kier alpha value is -2.46. The first kappa shape index (κ1) is 25.6.